The second-order valence-corrected chi connectivity index (χ2v) is 7.17. The van der Waals surface area contributed by atoms with E-state index in [1.807, 2.05) is 31.2 Å². The van der Waals surface area contributed by atoms with Gasteiger partial charge in [-0.1, -0.05) is 60.7 Å². The van der Waals surface area contributed by atoms with Crippen molar-refractivity contribution in [1.82, 2.24) is 20.3 Å². The summed E-state index contributed by atoms with van der Waals surface area (Å²) >= 11 is 0. The minimum Gasteiger partial charge on any atom is -0.449 e. The van der Waals surface area contributed by atoms with Crippen LogP contribution in [0.4, 0.5) is 4.79 Å². The maximum absolute atomic E-state index is 12.2. The fourth-order valence-electron chi connectivity index (χ4n) is 3.67. The number of carbonyl (C=O) groups is 1. The lowest BCUT2D eigenvalue weighted by molar-refractivity contribution is 0.142. The molecular formula is C22H24N4O3. The molecule has 2 aromatic carbocycles. The Balaban J connectivity index is 1.33. The van der Waals surface area contributed by atoms with Crippen molar-refractivity contribution < 1.29 is 14.6 Å². The van der Waals surface area contributed by atoms with Gasteiger partial charge in [0.25, 0.3) is 0 Å². The molecule has 1 atom stereocenters. The minimum atomic E-state index is -0.491. The molecule has 2 N–H and O–H groups in total. The van der Waals surface area contributed by atoms with Crippen LogP contribution in [0.25, 0.3) is 11.1 Å². The standard InChI is InChI=1S/C22H24N4O3/c1-2-16(27)13-26-12-15(24-25-26)11-23-22(28)29-14-21-19-9-5-3-7-17(19)18-8-4-6-10-20(18)21/h3-10,12,16,21,27H,2,11,13-14H2,1H3,(H,23,28). The van der Waals surface area contributed by atoms with Crippen LogP contribution in [0.2, 0.25) is 0 Å². The molecule has 4 rings (SSSR count). The molecule has 0 saturated heterocycles. The van der Waals surface area contributed by atoms with Crippen molar-refractivity contribution in [3.05, 3.63) is 71.5 Å². The van der Waals surface area contributed by atoms with Crippen LogP contribution in [-0.4, -0.2) is 38.9 Å². The quantitative estimate of drug-likeness (QED) is 0.645. The largest absolute Gasteiger partial charge is 0.449 e. The fraction of sp³-hybridized carbons (Fsp3) is 0.318. The van der Waals surface area contributed by atoms with Crippen LogP contribution in [0.15, 0.2) is 54.7 Å². The van der Waals surface area contributed by atoms with E-state index < -0.39 is 12.2 Å². The molecule has 1 unspecified atom stereocenters. The molecule has 1 heterocycles. The van der Waals surface area contributed by atoms with Gasteiger partial charge in [0.2, 0.25) is 0 Å². The molecule has 1 aliphatic carbocycles. The molecule has 3 aromatic rings. The average Bonchev–Trinajstić information content (AvgIpc) is 3.33. The maximum atomic E-state index is 12.2. The van der Waals surface area contributed by atoms with E-state index in [0.717, 1.165) is 0 Å². The van der Waals surface area contributed by atoms with Crippen LogP contribution in [0.5, 0.6) is 0 Å². The minimum absolute atomic E-state index is 0.0320. The molecule has 0 aliphatic heterocycles. The maximum Gasteiger partial charge on any atom is 0.407 e. The number of hydrogen-bond donors (Lipinski definition) is 2. The van der Waals surface area contributed by atoms with Crippen molar-refractivity contribution in [2.24, 2.45) is 0 Å². The van der Waals surface area contributed by atoms with Gasteiger partial charge < -0.3 is 15.2 Å². The van der Waals surface area contributed by atoms with E-state index in [2.05, 4.69) is 39.9 Å². The van der Waals surface area contributed by atoms with E-state index in [-0.39, 0.29) is 19.1 Å². The van der Waals surface area contributed by atoms with E-state index in [4.69, 9.17) is 4.74 Å². The number of nitrogens with one attached hydrogen (secondary N) is 1. The summed E-state index contributed by atoms with van der Waals surface area (Å²) in [4.78, 5) is 12.2. The van der Waals surface area contributed by atoms with Crippen LogP contribution in [-0.2, 0) is 17.8 Å². The average molecular weight is 392 g/mol. The lowest BCUT2D eigenvalue weighted by atomic mass is 9.98. The van der Waals surface area contributed by atoms with Gasteiger partial charge in [0.15, 0.2) is 0 Å². The van der Waals surface area contributed by atoms with E-state index in [0.29, 0.717) is 18.7 Å². The molecule has 0 radical (unpaired) electrons. The first-order valence-corrected chi connectivity index (χ1v) is 9.81. The summed E-state index contributed by atoms with van der Waals surface area (Å²) in [5.41, 5.74) is 5.37. The first kappa shape index (κ1) is 19.1. The lowest BCUT2D eigenvalue weighted by Gasteiger charge is -2.14. The van der Waals surface area contributed by atoms with Crippen LogP contribution >= 0.6 is 0 Å². The number of amides is 1. The number of alkyl carbamates (subject to hydrolysis) is 1. The Bertz CT molecular complexity index is 955. The zero-order valence-corrected chi connectivity index (χ0v) is 16.3. The lowest BCUT2D eigenvalue weighted by Crippen LogP contribution is -2.25. The molecule has 1 aromatic heterocycles. The van der Waals surface area contributed by atoms with Crippen LogP contribution in [0, 0.1) is 0 Å². The highest BCUT2D eigenvalue weighted by Crippen LogP contribution is 2.44. The van der Waals surface area contributed by atoms with Gasteiger partial charge in [0.05, 0.1) is 25.4 Å². The number of aliphatic hydroxyl groups is 1. The first-order chi connectivity index (χ1) is 14.2. The van der Waals surface area contributed by atoms with Crippen LogP contribution < -0.4 is 5.32 Å². The topological polar surface area (TPSA) is 89.3 Å². The van der Waals surface area contributed by atoms with E-state index >= 15 is 0 Å². The Morgan fingerprint density at radius 2 is 1.83 bits per heavy atom. The highest BCUT2D eigenvalue weighted by Gasteiger charge is 2.28. The number of ether oxygens (including phenoxy) is 1. The molecular weight excluding hydrogens is 368 g/mol. The van der Waals surface area contributed by atoms with Gasteiger partial charge in [-0.2, -0.15) is 0 Å². The number of benzene rings is 2. The molecule has 7 nitrogen and oxygen atoms in total. The van der Waals surface area contributed by atoms with E-state index in [9.17, 15) is 9.90 Å². The molecule has 0 spiro atoms. The Kier molecular flexibility index (Phi) is 5.57. The Labute approximate surface area is 169 Å². The van der Waals surface area contributed by atoms with Gasteiger partial charge >= 0.3 is 6.09 Å². The Morgan fingerprint density at radius 1 is 1.17 bits per heavy atom. The predicted octanol–water partition coefficient (Wildman–Crippen LogP) is 3.09. The van der Waals surface area contributed by atoms with Crippen molar-refractivity contribution in [2.75, 3.05) is 6.61 Å². The summed E-state index contributed by atoms with van der Waals surface area (Å²) in [6, 6.07) is 16.5. The number of aromatic nitrogens is 3. The highest BCUT2D eigenvalue weighted by atomic mass is 16.5. The molecule has 0 saturated carbocycles. The summed E-state index contributed by atoms with van der Waals surface area (Å²) in [5.74, 6) is 0.0320. The van der Waals surface area contributed by atoms with E-state index in [1.54, 1.807) is 10.9 Å². The smallest absolute Gasteiger partial charge is 0.407 e. The van der Waals surface area contributed by atoms with Crippen molar-refractivity contribution in [1.29, 1.82) is 0 Å². The molecule has 1 amide bonds. The van der Waals surface area contributed by atoms with Crippen molar-refractivity contribution >= 4 is 6.09 Å². The van der Waals surface area contributed by atoms with Gasteiger partial charge in [0.1, 0.15) is 12.3 Å². The summed E-state index contributed by atoms with van der Waals surface area (Å²) in [5, 5.41) is 20.3. The molecule has 0 fully saturated rings. The van der Waals surface area contributed by atoms with Crippen LogP contribution in [0.1, 0.15) is 36.1 Å². The van der Waals surface area contributed by atoms with Gasteiger partial charge in [-0.15, -0.1) is 5.10 Å². The number of fused-ring (bicyclic) bond motifs is 3. The van der Waals surface area contributed by atoms with Gasteiger partial charge in [0, 0.05) is 5.92 Å². The van der Waals surface area contributed by atoms with Crippen molar-refractivity contribution in [3.63, 3.8) is 0 Å². The van der Waals surface area contributed by atoms with Gasteiger partial charge in [-0.05, 0) is 28.7 Å². The number of nitrogens with zero attached hydrogens (tertiary/aromatic N) is 3. The summed E-state index contributed by atoms with van der Waals surface area (Å²) in [6.07, 6.45) is 1.41. The first-order valence-electron chi connectivity index (χ1n) is 9.81. The number of rotatable bonds is 7. The summed E-state index contributed by atoms with van der Waals surface area (Å²) < 4.78 is 7.08. The second-order valence-electron chi connectivity index (χ2n) is 7.17. The Morgan fingerprint density at radius 3 is 2.48 bits per heavy atom. The zero-order chi connectivity index (χ0) is 20.2. The molecule has 7 heteroatoms. The van der Waals surface area contributed by atoms with Crippen LogP contribution in [0.3, 0.4) is 0 Å². The normalized spacial score (nSPS) is 13.6. The fourth-order valence-corrected chi connectivity index (χ4v) is 3.67. The highest BCUT2D eigenvalue weighted by molar-refractivity contribution is 5.79. The molecule has 0 bridgehead atoms. The SMILES string of the molecule is CCC(O)Cn1cc(CNC(=O)OCC2c3ccccc3-c3ccccc32)nn1. The second kappa shape index (κ2) is 8.45. The molecule has 150 valence electrons. The third-order valence-corrected chi connectivity index (χ3v) is 5.21. The summed E-state index contributed by atoms with van der Waals surface area (Å²) in [7, 11) is 0. The van der Waals surface area contributed by atoms with Crippen molar-refractivity contribution in [2.45, 2.75) is 38.5 Å². The zero-order valence-electron chi connectivity index (χ0n) is 16.3. The van der Waals surface area contributed by atoms with E-state index in [1.165, 1.54) is 22.3 Å². The van der Waals surface area contributed by atoms with Gasteiger partial charge in [-0.25, -0.2) is 9.48 Å². The third kappa shape index (κ3) is 4.14. The number of carbonyl (C=O) groups excluding carboxylic acids is 1. The molecule has 1 aliphatic rings. The Hall–Kier alpha value is -3.19. The predicted molar refractivity (Wildman–Crippen MR) is 108 cm³/mol. The summed E-state index contributed by atoms with van der Waals surface area (Å²) in [6.45, 7) is 2.78. The van der Waals surface area contributed by atoms with Gasteiger partial charge in [-0.3, -0.25) is 0 Å². The number of aliphatic hydroxyl groups excluding tert-OH is 1. The molecule has 29 heavy (non-hydrogen) atoms. The number of hydrogen-bond acceptors (Lipinski definition) is 5. The monoisotopic (exact) mass is 392 g/mol. The van der Waals surface area contributed by atoms with Crippen molar-refractivity contribution in [3.8, 4) is 11.1 Å². The third-order valence-electron chi connectivity index (χ3n) is 5.21.